The molecule has 1 aliphatic carbocycles. The zero-order valence-electron chi connectivity index (χ0n) is 9.28. The van der Waals surface area contributed by atoms with E-state index in [0.717, 1.165) is 32.0 Å². The van der Waals surface area contributed by atoms with Gasteiger partial charge < -0.3 is 4.90 Å². The lowest BCUT2D eigenvalue weighted by Gasteiger charge is -2.32. The maximum Gasteiger partial charge on any atom is 0.211 e. The lowest BCUT2D eigenvalue weighted by Crippen LogP contribution is -2.45. The summed E-state index contributed by atoms with van der Waals surface area (Å²) in [7, 11) is -3.01. The van der Waals surface area contributed by atoms with E-state index in [4.69, 9.17) is 0 Å². The first-order chi connectivity index (χ1) is 7.11. The molecule has 0 bridgehead atoms. The lowest BCUT2D eigenvalue weighted by molar-refractivity contribution is 0.199. The third-order valence-corrected chi connectivity index (χ3v) is 4.77. The van der Waals surface area contributed by atoms with Crippen molar-refractivity contribution in [1.82, 2.24) is 9.62 Å². The molecule has 1 N–H and O–H groups in total. The predicted molar refractivity (Wildman–Crippen MR) is 60.2 cm³/mol. The van der Waals surface area contributed by atoms with Crippen molar-refractivity contribution in [2.24, 2.45) is 0 Å². The van der Waals surface area contributed by atoms with Crippen molar-refractivity contribution in [2.45, 2.75) is 44.7 Å². The molecule has 1 saturated carbocycles. The quantitative estimate of drug-likeness (QED) is 0.770. The molecule has 0 aromatic rings. The van der Waals surface area contributed by atoms with Gasteiger partial charge in [0.15, 0.2) is 0 Å². The second-order valence-electron chi connectivity index (χ2n) is 4.56. The Morgan fingerprint density at radius 2 is 1.80 bits per heavy atom. The molecular formula is C10H20N2O2S. The molecule has 2 rings (SSSR count). The Morgan fingerprint density at radius 1 is 1.20 bits per heavy atom. The van der Waals surface area contributed by atoms with Gasteiger partial charge in [0, 0.05) is 12.1 Å². The van der Waals surface area contributed by atoms with Gasteiger partial charge in [-0.3, -0.25) is 0 Å². The van der Waals surface area contributed by atoms with Gasteiger partial charge in [-0.05, 0) is 45.7 Å². The molecule has 0 amide bonds. The summed E-state index contributed by atoms with van der Waals surface area (Å²) in [5, 5.41) is 0. The Labute approximate surface area is 92.1 Å². The summed E-state index contributed by atoms with van der Waals surface area (Å²) < 4.78 is 25.5. The maximum absolute atomic E-state index is 11.4. The van der Waals surface area contributed by atoms with Crippen LogP contribution in [0.2, 0.25) is 0 Å². The molecule has 2 fully saturated rings. The third-order valence-electron chi connectivity index (χ3n) is 3.32. The maximum atomic E-state index is 11.4. The van der Waals surface area contributed by atoms with Crippen molar-refractivity contribution >= 4 is 10.0 Å². The van der Waals surface area contributed by atoms with Gasteiger partial charge in [0.2, 0.25) is 10.0 Å². The van der Waals surface area contributed by atoms with Gasteiger partial charge in [0.25, 0.3) is 0 Å². The topological polar surface area (TPSA) is 49.4 Å². The fraction of sp³-hybridized carbons (Fsp3) is 1.00. The molecule has 1 heterocycles. The molecule has 0 unspecified atom stereocenters. The molecule has 1 saturated heterocycles. The van der Waals surface area contributed by atoms with Crippen molar-refractivity contribution in [3.8, 4) is 0 Å². The van der Waals surface area contributed by atoms with Gasteiger partial charge in [-0.2, -0.15) is 0 Å². The molecule has 0 aromatic carbocycles. The molecule has 0 atom stereocenters. The standard InChI is InChI=1S/C10H20N2O2S/c1-2-15(13,14)11-9-5-7-12(8-6-9)10-3-4-10/h9-11H,2-8H2,1H3. The van der Waals surface area contributed by atoms with Crippen LogP contribution in [0.5, 0.6) is 0 Å². The van der Waals surface area contributed by atoms with Crippen molar-refractivity contribution < 1.29 is 8.42 Å². The number of piperidine rings is 1. The van der Waals surface area contributed by atoms with Crippen molar-refractivity contribution in [1.29, 1.82) is 0 Å². The first kappa shape index (κ1) is 11.4. The van der Waals surface area contributed by atoms with Crippen LogP contribution in [0.1, 0.15) is 32.6 Å². The van der Waals surface area contributed by atoms with E-state index in [0.29, 0.717) is 0 Å². The van der Waals surface area contributed by atoms with E-state index in [1.54, 1.807) is 6.92 Å². The zero-order chi connectivity index (χ0) is 10.9. The SMILES string of the molecule is CCS(=O)(=O)NC1CCN(C2CC2)CC1. The minimum Gasteiger partial charge on any atom is -0.300 e. The Bertz CT molecular complexity index is 303. The van der Waals surface area contributed by atoms with Crippen LogP contribution in [0.25, 0.3) is 0 Å². The molecule has 1 aliphatic heterocycles. The largest absolute Gasteiger partial charge is 0.300 e. The number of hydrogen-bond donors (Lipinski definition) is 1. The number of hydrogen-bond acceptors (Lipinski definition) is 3. The van der Waals surface area contributed by atoms with Gasteiger partial charge in [0.1, 0.15) is 0 Å². The van der Waals surface area contributed by atoms with Gasteiger partial charge in [-0.15, -0.1) is 0 Å². The summed E-state index contributed by atoms with van der Waals surface area (Å²) in [5.41, 5.74) is 0. The zero-order valence-corrected chi connectivity index (χ0v) is 10.1. The van der Waals surface area contributed by atoms with Crippen LogP contribution in [-0.2, 0) is 10.0 Å². The smallest absolute Gasteiger partial charge is 0.211 e. The Hall–Kier alpha value is -0.130. The molecule has 0 aromatic heterocycles. The van der Waals surface area contributed by atoms with Gasteiger partial charge >= 0.3 is 0 Å². The molecule has 2 aliphatic rings. The lowest BCUT2D eigenvalue weighted by atomic mass is 10.1. The highest BCUT2D eigenvalue weighted by Gasteiger charge is 2.32. The highest BCUT2D eigenvalue weighted by Crippen LogP contribution is 2.29. The van der Waals surface area contributed by atoms with Crippen LogP contribution < -0.4 is 4.72 Å². The summed E-state index contributed by atoms with van der Waals surface area (Å²) in [4.78, 5) is 2.50. The van der Waals surface area contributed by atoms with E-state index in [-0.39, 0.29) is 11.8 Å². The fourth-order valence-electron chi connectivity index (χ4n) is 2.16. The first-order valence-corrected chi connectivity index (χ1v) is 7.50. The molecule has 0 radical (unpaired) electrons. The van der Waals surface area contributed by atoms with Gasteiger partial charge in [0.05, 0.1) is 5.75 Å². The average molecular weight is 232 g/mol. The van der Waals surface area contributed by atoms with E-state index < -0.39 is 10.0 Å². The van der Waals surface area contributed by atoms with Crippen LogP contribution in [-0.4, -0.2) is 44.2 Å². The van der Waals surface area contributed by atoms with Crippen LogP contribution in [0.4, 0.5) is 0 Å². The van der Waals surface area contributed by atoms with Crippen LogP contribution in [0.3, 0.4) is 0 Å². The number of likely N-dealkylation sites (tertiary alicyclic amines) is 1. The summed E-state index contributed by atoms with van der Waals surface area (Å²) in [5.74, 6) is 0.190. The second kappa shape index (κ2) is 4.39. The van der Waals surface area contributed by atoms with Crippen LogP contribution >= 0.6 is 0 Å². The second-order valence-corrected chi connectivity index (χ2v) is 6.61. The summed E-state index contributed by atoms with van der Waals surface area (Å²) in [6.45, 7) is 3.80. The van der Waals surface area contributed by atoms with E-state index in [1.807, 2.05) is 0 Å². The Kier molecular flexibility index (Phi) is 3.33. The van der Waals surface area contributed by atoms with E-state index in [2.05, 4.69) is 9.62 Å². The molecule has 15 heavy (non-hydrogen) atoms. The van der Waals surface area contributed by atoms with Crippen molar-refractivity contribution in [2.75, 3.05) is 18.8 Å². The Balaban J connectivity index is 1.77. The molecule has 88 valence electrons. The minimum atomic E-state index is -3.01. The monoisotopic (exact) mass is 232 g/mol. The number of rotatable bonds is 4. The molecule has 0 spiro atoms. The van der Waals surface area contributed by atoms with E-state index >= 15 is 0 Å². The van der Waals surface area contributed by atoms with E-state index in [1.165, 1.54) is 12.8 Å². The predicted octanol–water partition coefficient (Wildman–Crippen LogP) is 0.552. The Morgan fingerprint density at radius 3 is 2.27 bits per heavy atom. The first-order valence-electron chi connectivity index (χ1n) is 5.85. The van der Waals surface area contributed by atoms with Gasteiger partial charge in [-0.25, -0.2) is 13.1 Å². The normalized spacial score (nSPS) is 25.7. The number of sulfonamides is 1. The highest BCUT2D eigenvalue weighted by atomic mass is 32.2. The molecule has 4 nitrogen and oxygen atoms in total. The molecular weight excluding hydrogens is 212 g/mol. The average Bonchev–Trinajstić information content (AvgIpc) is 3.02. The van der Waals surface area contributed by atoms with Gasteiger partial charge in [-0.1, -0.05) is 0 Å². The van der Waals surface area contributed by atoms with Crippen molar-refractivity contribution in [3.05, 3.63) is 0 Å². The minimum absolute atomic E-state index is 0.171. The summed E-state index contributed by atoms with van der Waals surface area (Å²) in [6.07, 6.45) is 4.61. The fourth-order valence-corrected chi connectivity index (χ4v) is 3.07. The summed E-state index contributed by atoms with van der Waals surface area (Å²) >= 11 is 0. The highest BCUT2D eigenvalue weighted by molar-refractivity contribution is 7.89. The van der Waals surface area contributed by atoms with E-state index in [9.17, 15) is 8.42 Å². The van der Waals surface area contributed by atoms with Crippen molar-refractivity contribution in [3.63, 3.8) is 0 Å². The molecule has 5 heteroatoms. The van der Waals surface area contributed by atoms with Crippen LogP contribution in [0.15, 0.2) is 0 Å². The van der Waals surface area contributed by atoms with Crippen LogP contribution in [0, 0.1) is 0 Å². The summed E-state index contributed by atoms with van der Waals surface area (Å²) in [6, 6.07) is 0.985. The third kappa shape index (κ3) is 3.16. The number of nitrogens with zero attached hydrogens (tertiary/aromatic N) is 1. The number of nitrogens with one attached hydrogen (secondary N) is 1.